The molecule has 5 nitrogen and oxygen atoms in total. The van der Waals surface area contributed by atoms with Gasteiger partial charge >= 0.3 is 5.97 Å². The summed E-state index contributed by atoms with van der Waals surface area (Å²) < 4.78 is 0. The number of aliphatic carboxylic acids is 1. The number of nitrogens with zero attached hydrogens (tertiary/aromatic N) is 1. The van der Waals surface area contributed by atoms with Crippen molar-refractivity contribution >= 4 is 41.0 Å². The molecule has 2 bridgehead atoms. The summed E-state index contributed by atoms with van der Waals surface area (Å²) in [6.07, 6.45) is -0.00242. The van der Waals surface area contributed by atoms with Crippen molar-refractivity contribution in [3.8, 4) is 0 Å². The molecule has 0 unspecified atom stereocenters. The first-order valence-corrected chi connectivity index (χ1v) is 11.8. The zero-order valence-electron chi connectivity index (χ0n) is 17.8. The lowest BCUT2D eigenvalue weighted by molar-refractivity contribution is -0.155. The van der Waals surface area contributed by atoms with Crippen LogP contribution in [0.15, 0.2) is 78.9 Å². The summed E-state index contributed by atoms with van der Waals surface area (Å²) in [7, 11) is 0. The second-order valence-corrected chi connectivity index (χ2v) is 10.3. The number of carboxylic acids is 1. The Kier molecular flexibility index (Phi) is 4.51. The van der Waals surface area contributed by atoms with Gasteiger partial charge in [-0.05, 0) is 27.8 Å². The highest BCUT2D eigenvalue weighted by Gasteiger charge is 2.73. The van der Waals surface area contributed by atoms with Crippen LogP contribution in [0.25, 0.3) is 0 Å². The van der Waals surface area contributed by atoms with Crippen LogP contribution in [0.2, 0.25) is 0 Å². The van der Waals surface area contributed by atoms with Crippen molar-refractivity contribution in [3.63, 3.8) is 0 Å². The molecule has 4 aliphatic rings. The molecule has 0 spiro atoms. The number of amides is 2. The molecule has 170 valence electrons. The Hall–Kier alpha value is -3.15. The minimum atomic E-state index is -1.36. The van der Waals surface area contributed by atoms with E-state index in [1.807, 2.05) is 54.6 Å². The molecule has 7 heteroatoms. The first-order chi connectivity index (χ1) is 16.3. The van der Waals surface area contributed by atoms with Gasteiger partial charge in [0.05, 0.1) is 11.8 Å². The van der Waals surface area contributed by atoms with E-state index >= 15 is 0 Å². The molecular weight excluding hydrogens is 473 g/mol. The van der Waals surface area contributed by atoms with Crippen LogP contribution in [0.4, 0.5) is 0 Å². The van der Waals surface area contributed by atoms with E-state index in [-0.39, 0.29) is 6.42 Å². The van der Waals surface area contributed by atoms with E-state index in [0.717, 1.165) is 4.90 Å². The maximum Gasteiger partial charge on any atom is 0.327 e. The average Bonchev–Trinajstić information content (AvgIpc) is 3.12. The predicted octanol–water partition coefficient (Wildman–Crippen LogP) is 4.28. The average molecular weight is 492 g/mol. The van der Waals surface area contributed by atoms with E-state index in [1.54, 1.807) is 24.3 Å². The number of likely N-dealkylation sites (tertiary alicyclic amines) is 1. The molecule has 2 amide bonds. The van der Waals surface area contributed by atoms with Crippen LogP contribution in [0.5, 0.6) is 0 Å². The van der Waals surface area contributed by atoms with Crippen molar-refractivity contribution < 1.29 is 19.5 Å². The summed E-state index contributed by atoms with van der Waals surface area (Å²) >= 11 is 14.8. The molecule has 0 aromatic heterocycles. The van der Waals surface area contributed by atoms with Crippen LogP contribution in [0.3, 0.4) is 0 Å². The highest BCUT2D eigenvalue weighted by molar-refractivity contribution is 6.36. The van der Waals surface area contributed by atoms with Crippen molar-refractivity contribution in [3.05, 3.63) is 107 Å². The number of alkyl halides is 2. The van der Waals surface area contributed by atoms with Gasteiger partial charge in [0.15, 0.2) is 0 Å². The number of hydrogen-bond donors (Lipinski definition) is 1. The molecule has 0 radical (unpaired) electrons. The second-order valence-electron chi connectivity index (χ2n) is 9.06. The molecular formula is C27H19Cl2NO4. The van der Waals surface area contributed by atoms with E-state index in [9.17, 15) is 19.5 Å². The van der Waals surface area contributed by atoms with Crippen LogP contribution in [-0.4, -0.2) is 33.8 Å². The summed E-state index contributed by atoms with van der Waals surface area (Å²) in [6, 6.07) is 22.3. The molecule has 0 saturated carbocycles. The Morgan fingerprint density at radius 3 is 1.53 bits per heavy atom. The number of rotatable bonds is 4. The zero-order valence-corrected chi connectivity index (χ0v) is 19.3. The lowest BCUT2D eigenvalue weighted by Crippen LogP contribution is -2.57. The smallest absolute Gasteiger partial charge is 0.327 e. The van der Waals surface area contributed by atoms with Gasteiger partial charge in [-0.2, -0.15) is 0 Å². The standard InChI is InChI=1S/C27H19Cl2NO4/c28-26-16-10-4-5-11-17(16)27(29,19-13-7-6-12-18(19)26)22-21(26)23(31)30(24(22)32)20(25(33)34)14-15-8-2-1-3-9-15/h1-13,20-22H,14H2,(H,33,34)/t20-,21+,22+,26?,27?/m0/s1. The Morgan fingerprint density at radius 2 is 1.15 bits per heavy atom. The number of carboxylic acid groups (broad SMARTS) is 1. The maximum atomic E-state index is 13.9. The molecule has 3 aromatic carbocycles. The van der Waals surface area contributed by atoms with Crippen molar-refractivity contribution in [1.82, 2.24) is 4.90 Å². The van der Waals surface area contributed by atoms with Crippen LogP contribution in [0, 0.1) is 11.8 Å². The fraction of sp³-hybridized carbons (Fsp3) is 0.222. The topological polar surface area (TPSA) is 74.7 Å². The molecule has 1 fully saturated rings. The first-order valence-electron chi connectivity index (χ1n) is 11.0. The summed E-state index contributed by atoms with van der Waals surface area (Å²) in [5.74, 6) is -4.47. The predicted molar refractivity (Wildman–Crippen MR) is 127 cm³/mol. The number of carbonyl (C=O) groups excluding carboxylic acids is 2. The van der Waals surface area contributed by atoms with E-state index < -0.39 is 45.4 Å². The van der Waals surface area contributed by atoms with Crippen molar-refractivity contribution in [2.45, 2.75) is 22.2 Å². The molecule has 7 rings (SSSR count). The lowest BCUT2D eigenvalue weighted by Gasteiger charge is -2.54. The van der Waals surface area contributed by atoms with Gasteiger partial charge in [-0.25, -0.2) is 4.79 Å². The summed E-state index contributed by atoms with van der Waals surface area (Å²) in [4.78, 5) is 38.5. The minimum absolute atomic E-state index is 0.00242. The van der Waals surface area contributed by atoms with Gasteiger partial charge in [-0.3, -0.25) is 14.5 Å². The molecule has 34 heavy (non-hydrogen) atoms. The Bertz CT molecular complexity index is 1250. The number of halogens is 2. The fourth-order valence-corrected chi connectivity index (χ4v) is 7.22. The molecule has 3 aliphatic carbocycles. The van der Waals surface area contributed by atoms with Crippen molar-refractivity contribution in [1.29, 1.82) is 0 Å². The summed E-state index contributed by atoms with van der Waals surface area (Å²) in [6.45, 7) is 0. The van der Waals surface area contributed by atoms with E-state index in [4.69, 9.17) is 23.2 Å². The second kappa shape index (κ2) is 7.17. The molecule has 3 aromatic rings. The van der Waals surface area contributed by atoms with E-state index in [1.165, 1.54) is 0 Å². The highest BCUT2D eigenvalue weighted by atomic mass is 35.5. The van der Waals surface area contributed by atoms with Crippen molar-refractivity contribution in [2.75, 3.05) is 0 Å². The fourth-order valence-electron chi connectivity index (χ4n) is 6.12. The van der Waals surface area contributed by atoms with Gasteiger partial charge in [-0.1, -0.05) is 78.9 Å². The third kappa shape index (κ3) is 2.49. The number of carbonyl (C=O) groups is 3. The van der Waals surface area contributed by atoms with Gasteiger partial charge in [0.1, 0.15) is 15.8 Å². The van der Waals surface area contributed by atoms with Crippen LogP contribution < -0.4 is 0 Å². The Labute approximate surface area is 205 Å². The molecule has 1 N–H and O–H groups in total. The van der Waals surface area contributed by atoms with Gasteiger partial charge < -0.3 is 5.11 Å². The van der Waals surface area contributed by atoms with E-state index in [0.29, 0.717) is 27.8 Å². The first kappa shape index (κ1) is 21.4. The monoisotopic (exact) mass is 491 g/mol. The summed E-state index contributed by atoms with van der Waals surface area (Å²) in [5, 5.41) is 10.1. The van der Waals surface area contributed by atoms with Gasteiger partial charge in [0.25, 0.3) is 0 Å². The van der Waals surface area contributed by atoms with Gasteiger partial charge in [0.2, 0.25) is 11.8 Å². The van der Waals surface area contributed by atoms with Crippen molar-refractivity contribution in [2.24, 2.45) is 11.8 Å². The molecule has 1 aliphatic heterocycles. The summed E-state index contributed by atoms with van der Waals surface area (Å²) in [5.41, 5.74) is 3.45. The zero-order chi connectivity index (χ0) is 23.8. The molecule has 1 heterocycles. The number of hydrogen-bond acceptors (Lipinski definition) is 3. The van der Waals surface area contributed by atoms with Crippen LogP contribution in [0.1, 0.15) is 27.8 Å². The number of benzene rings is 3. The molecule has 1 saturated heterocycles. The van der Waals surface area contributed by atoms with Gasteiger partial charge in [0, 0.05) is 6.42 Å². The quantitative estimate of drug-likeness (QED) is 0.436. The largest absolute Gasteiger partial charge is 0.480 e. The van der Waals surface area contributed by atoms with Crippen LogP contribution >= 0.6 is 23.2 Å². The maximum absolute atomic E-state index is 13.9. The molecule has 3 atom stereocenters. The lowest BCUT2D eigenvalue weighted by atomic mass is 9.54. The highest BCUT2D eigenvalue weighted by Crippen LogP contribution is 2.69. The Morgan fingerprint density at radius 1 is 0.765 bits per heavy atom. The van der Waals surface area contributed by atoms with E-state index in [2.05, 4.69) is 0 Å². The Balaban J connectivity index is 1.55. The normalized spacial score (nSPS) is 29.4. The van der Waals surface area contributed by atoms with Gasteiger partial charge in [-0.15, -0.1) is 23.2 Å². The third-order valence-corrected chi connectivity index (χ3v) is 8.77. The minimum Gasteiger partial charge on any atom is -0.480 e. The third-order valence-electron chi connectivity index (χ3n) is 7.49. The van der Waals surface area contributed by atoms with Crippen LogP contribution in [-0.2, 0) is 30.6 Å². The number of imide groups is 1. The SMILES string of the molecule is O=C(O)[C@H](Cc1ccccc1)N1C(=O)[C@H]2[C@H](C1=O)C1(Cl)c3ccccc3C2(Cl)c2ccccc21.